The largest absolute Gasteiger partial charge is 0.459 e. The van der Waals surface area contributed by atoms with E-state index < -0.39 is 18.0 Å². The van der Waals surface area contributed by atoms with Gasteiger partial charge < -0.3 is 19.0 Å². The zero-order valence-electron chi connectivity index (χ0n) is 18.4. The average Bonchev–Trinajstić information content (AvgIpc) is 3.40. The molecule has 1 aliphatic rings. The number of amides is 2. The Kier molecular flexibility index (Phi) is 6.88. The molecule has 1 aliphatic heterocycles. The Morgan fingerprint density at radius 1 is 0.788 bits per heavy atom. The van der Waals surface area contributed by atoms with Crippen LogP contribution in [-0.2, 0) is 14.3 Å². The standard InChI is InChI=1S/C26H26N2O5/c1-19(24(29)27-14-16-28(17-15-27)25(30)22-13-8-18-32-22)33-26(31)23(20-9-4-2-5-10-20)21-11-6-3-7-12-21/h2-13,18-19,23H,14-17H2,1H3/t19-/m1/s1. The summed E-state index contributed by atoms with van der Waals surface area (Å²) in [5, 5.41) is 0. The highest BCUT2D eigenvalue weighted by molar-refractivity contribution is 5.92. The quantitative estimate of drug-likeness (QED) is 0.543. The molecule has 2 heterocycles. The number of hydrogen-bond acceptors (Lipinski definition) is 5. The molecular weight excluding hydrogens is 420 g/mol. The van der Waals surface area contributed by atoms with Gasteiger partial charge in [0.1, 0.15) is 5.92 Å². The molecule has 2 amide bonds. The van der Waals surface area contributed by atoms with E-state index in [1.54, 1.807) is 28.9 Å². The molecule has 0 aliphatic carbocycles. The summed E-state index contributed by atoms with van der Waals surface area (Å²) in [7, 11) is 0. The Morgan fingerprint density at radius 2 is 1.33 bits per heavy atom. The fraction of sp³-hybridized carbons (Fsp3) is 0.269. The monoisotopic (exact) mass is 446 g/mol. The van der Waals surface area contributed by atoms with E-state index in [2.05, 4.69) is 0 Å². The van der Waals surface area contributed by atoms with Gasteiger partial charge in [0.15, 0.2) is 11.9 Å². The van der Waals surface area contributed by atoms with Crippen LogP contribution in [0, 0.1) is 0 Å². The van der Waals surface area contributed by atoms with Crippen molar-refractivity contribution in [1.82, 2.24) is 9.80 Å². The highest BCUT2D eigenvalue weighted by Gasteiger charge is 2.32. The first-order valence-electron chi connectivity index (χ1n) is 11.0. The second-order valence-electron chi connectivity index (χ2n) is 7.93. The minimum atomic E-state index is -0.931. The Morgan fingerprint density at radius 3 is 1.85 bits per heavy atom. The molecule has 0 radical (unpaired) electrons. The zero-order chi connectivity index (χ0) is 23.2. The van der Waals surface area contributed by atoms with Gasteiger partial charge in [-0.05, 0) is 30.2 Å². The van der Waals surface area contributed by atoms with Gasteiger partial charge in [0.2, 0.25) is 0 Å². The summed E-state index contributed by atoms with van der Waals surface area (Å²) >= 11 is 0. The topological polar surface area (TPSA) is 80.1 Å². The van der Waals surface area contributed by atoms with E-state index in [9.17, 15) is 14.4 Å². The first kappa shape index (κ1) is 22.3. The van der Waals surface area contributed by atoms with Gasteiger partial charge in [0, 0.05) is 26.2 Å². The number of piperazine rings is 1. The van der Waals surface area contributed by atoms with Gasteiger partial charge in [-0.2, -0.15) is 0 Å². The van der Waals surface area contributed by atoms with Crippen LogP contribution in [0.3, 0.4) is 0 Å². The molecule has 0 spiro atoms. The van der Waals surface area contributed by atoms with Crippen LogP contribution in [0.25, 0.3) is 0 Å². The van der Waals surface area contributed by atoms with E-state index in [1.165, 1.54) is 6.26 Å². The summed E-state index contributed by atoms with van der Waals surface area (Å²) in [5.41, 5.74) is 1.61. The number of nitrogens with zero attached hydrogens (tertiary/aromatic N) is 2. The van der Waals surface area contributed by atoms with Gasteiger partial charge >= 0.3 is 5.97 Å². The first-order valence-corrected chi connectivity index (χ1v) is 11.0. The maximum Gasteiger partial charge on any atom is 0.318 e. The van der Waals surface area contributed by atoms with Crippen molar-refractivity contribution in [2.75, 3.05) is 26.2 Å². The second-order valence-corrected chi connectivity index (χ2v) is 7.93. The molecule has 1 aromatic heterocycles. The fourth-order valence-corrected chi connectivity index (χ4v) is 3.99. The summed E-state index contributed by atoms with van der Waals surface area (Å²) in [6.45, 7) is 3.11. The van der Waals surface area contributed by atoms with E-state index in [1.807, 2.05) is 60.7 Å². The van der Waals surface area contributed by atoms with Gasteiger partial charge in [-0.15, -0.1) is 0 Å². The van der Waals surface area contributed by atoms with Crippen LogP contribution < -0.4 is 0 Å². The number of esters is 1. The third-order valence-electron chi connectivity index (χ3n) is 5.75. The van der Waals surface area contributed by atoms with Crippen LogP contribution in [0.4, 0.5) is 0 Å². The molecule has 1 saturated heterocycles. The van der Waals surface area contributed by atoms with Crippen molar-refractivity contribution < 1.29 is 23.5 Å². The van der Waals surface area contributed by atoms with Gasteiger partial charge in [-0.25, -0.2) is 0 Å². The highest BCUT2D eigenvalue weighted by atomic mass is 16.5. The smallest absolute Gasteiger partial charge is 0.318 e. The Balaban J connectivity index is 1.38. The first-order chi connectivity index (χ1) is 16.0. The van der Waals surface area contributed by atoms with Gasteiger partial charge in [0.25, 0.3) is 11.8 Å². The van der Waals surface area contributed by atoms with Gasteiger partial charge in [-0.1, -0.05) is 60.7 Å². The highest BCUT2D eigenvalue weighted by Crippen LogP contribution is 2.26. The molecule has 3 aromatic rings. The molecular formula is C26H26N2O5. The van der Waals surface area contributed by atoms with Crippen LogP contribution in [0.2, 0.25) is 0 Å². The molecule has 33 heavy (non-hydrogen) atoms. The number of carbonyl (C=O) groups excluding carboxylic acids is 3. The molecule has 0 saturated carbocycles. The van der Waals surface area contributed by atoms with E-state index >= 15 is 0 Å². The van der Waals surface area contributed by atoms with E-state index in [0.29, 0.717) is 26.2 Å². The predicted molar refractivity (Wildman–Crippen MR) is 121 cm³/mol. The van der Waals surface area contributed by atoms with Crippen molar-refractivity contribution in [1.29, 1.82) is 0 Å². The number of hydrogen-bond donors (Lipinski definition) is 0. The minimum absolute atomic E-state index is 0.194. The molecule has 4 rings (SSSR count). The molecule has 7 nitrogen and oxygen atoms in total. The van der Waals surface area contributed by atoms with Crippen molar-refractivity contribution in [2.45, 2.75) is 18.9 Å². The molecule has 0 N–H and O–H groups in total. The summed E-state index contributed by atoms with van der Waals surface area (Å²) in [4.78, 5) is 41.8. The third kappa shape index (κ3) is 5.14. The van der Waals surface area contributed by atoms with Crippen molar-refractivity contribution in [2.24, 2.45) is 0 Å². The summed E-state index contributed by atoms with van der Waals surface area (Å²) in [6, 6.07) is 22.1. The summed E-state index contributed by atoms with van der Waals surface area (Å²) < 4.78 is 10.8. The van der Waals surface area contributed by atoms with Crippen molar-refractivity contribution in [3.8, 4) is 0 Å². The number of benzene rings is 2. The van der Waals surface area contributed by atoms with E-state index in [0.717, 1.165) is 11.1 Å². The molecule has 7 heteroatoms. The van der Waals surface area contributed by atoms with E-state index in [4.69, 9.17) is 9.15 Å². The van der Waals surface area contributed by atoms with Crippen LogP contribution in [0.1, 0.15) is 34.5 Å². The lowest BCUT2D eigenvalue weighted by molar-refractivity contribution is -0.160. The Bertz CT molecular complexity index is 1030. The normalized spacial score (nSPS) is 14.7. The molecule has 1 atom stereocenters. The van der Waals surface area contributed by atoms with Gasteiger partial charge in [0.05, 0.1) is 6.26 Å². The predicted octanol–water partition coefficient (Wildman–Crippen LogP) is 3.33. The van der Waals surface area contributed by atoms with E-state index in [-0.39, 0.29) is 17.6 Å². The van der Waals surface area contributed by atoms with Crippen molar-refractivity contribution in [3.63, 3.8) is 0 Å². The average molecular weight is 447 g/mol. The minimum Gasteiger partial charge on any atom is -0.459 e. The molecule has 0 bridgehead atoms. The molecule has 0 unspecified atom stereocenters. The molecule has 1 fully saturated rings. The number of furan rings is 1. The van der Waals surface area contributed by atoms with Crippen LogP contribution in [0.5, 0.6) is 0 Å². The van der Waals surface area contributed by atoms with Crippen molar-refractivity contribution in [3.05, 3.63) is 95.9 Å². The summed E-state index contributed by atoms with van der Waals surface area (Å²) in [6.07, 6.45) is 0.529. The lowest BCUT2D eigenvalue weighted by atomic mass is 9.91. The number of ether oxygens (including phenoxy) is 1. The lowest BCUT2D eigenvalue weighted by Gasteiger charge is -2.35. The Labute approximate surface area is 192 Å². The molecule has 2 aromatic carbocycles. The number of rotatable bonds is 6. The zero-order valence-corrected chi connectivity index (χ0v) is 18.4. The van der Waals surface area contributed by atoms with Crippen molar-refractivity contribution >= 4 is 17.8 Å². The van der Waals surface area contributed by atoms with Crippen LogP contribution in [-0.4, -0.2) is 59.9 Å². The lowest BCUT2D eigenvalue weighted by Crippen LogP contribution is -2.53. The van der Waals surface area contributed by atoms with Crippen LogP contribution >= 0.6 is 0 Å². The third-order valence-corrected chi connectivity index (χ3v) is 5.75. The number of carbonyl (C=O) groups is 3. The maximum atomic E-state index is 13.2. The van der Waals surface area contributed by atoms with Gasteiger partial charge in [-0.3, -0.25) is 14.4 Å². The van der Waals surface area contributed by atoms with Crippen LogP contribution in [0.15, 0.2) is 83.5 Å². The fourth-order valence-electron chi connectivity index (χ4n) is 3.99. The SMILES string of the molecule is C[C@@H](OC(=O)C(c1ccccc1)c1ccccc1)C(=O)N1CCN(C(=O)c2ccco2)CC1. The Hall–Kier alpha value is -3.87. The molecule has 170 valence electrons. The second kappa shape index (κ2) is 10.2. The summed E-state index contributed by atoms with van der Waals surface area (Å²) in [5.74, 6) is -1.27. The maximum absolute atomic E-state index is 13.2.